The third-order valence-corrected chi connectivity index (χ3v) is 1.97. The molecule has 0 amide bonds. The first-order valence-electron chi connectivity index (χ1n) is 6.07. The van der Waals surface area contributed by atoms with Crippen LogP contribution in [0.5, 0.6) is 0 Å². The molecule has 0 aromatic carbocycles. The number of aliphatic hydroxyl groups excluding tert-OH is 2. The van der Waals surface area contributed by atoms with Crippen molar-refractivity contribution < 1.29 is 43.5 Å². The first kappa shape index (κ1) is 22.9. The number of Topliss-reactive ketones (excluding diaryl/α,β-unsaturated/α-hetero) is 2. The summed E-state index contributed by atoms with van der Waals surface area (Å²) < 4.78 is 8.25. The van der Waals surface area contributed by atoms with Crippen LogP contribution in [0.1, 0.15) is 52.4 Å². The van der Waals surface area contributed by atoms with E-state index in [-0.39, 0.29) is 24.8 Å². The van der Waals surface area contributed by atoms with Crippen molar-refractivity contribution in [2.75, 3.05) is 13.2 Å². The number of unbranched alkanes of at least 4 members (excludes halogenated alkanes) is 2. The molecule has 0 bridgehead atoms. The van der Waals surface area contributed by atoms with Crippen LogP contribution in [-0.4, -0.2) is 35.0 Å². The molecule has 0 aromatic rings. The Hall–Kier alpha value is -0.226. The van der Waals surface area contributed by atoms with Crippen molar-refractivity contribution in [1.29, 1.82) is 0 Å². The molecular weight excluding hydrogens is 272 g/mol. The number of carbonyl (C=O) groups excluding carboxylic acids is 2. The SMILES string of the molecule is CCCCC(=O)CO.CCCCC(=O)CO.[O]=[Ti]. The van der Waals surface area contributed by atoms with E-state index in [4.69, 9.17) is 13.5 Å². The summed E-state index contributed by atoms with van der Waals surface area (Å²) in [5, 5.41) is 16.4. The molecule has 0 aromatic heterocycles. The summed E-state index contributed by atoms with van der Waals surface area (Å²) in [6.45, 7) is 3.45. The van der Waals surface area contributed by atoms with Crippen LogP contribution in [0.2, 0.25) is 0 Å². The van der Waals surface area contributed by atoms with Gasteiger partial charge in [0.1, 0.15) is 13.2 Å². The van der Waals surface area contributed by atoms with E-state index in [2.05, 4.69) is 0 Å². The third-order valence-electron chi connectivity index (χ3n) is 1.97. The molecule has 0 radical (unpaired) electrons. The van der Waals surface area contributed by atoms with Gasteiger partial charge in [0.05, 0.1) is 0 Å². The Kier molecular flexibility index (Phi) is 28.0. The fourth-order valence-electron chi connectivity index (χ4n) is 0.906. The van der Waals surface area contributed by atoms with Gasteiger partial charge >= 0.3 is 23.7 Å². The summed E-state index contributed by atoms with van der Waals surface area (Å²) in [4.78, 5) is 20.6. The zero-order chi connectivity index (χ0) is 14.8. The Morgan fingerprint density at radius 1 is 0.833 bits per heavy atom. The van der Waals surface area contributed by atoms with Gasteiger partial charge in [-0.05, 0) is 12.8 Å². The fraction of sp³-hybridized carbons (Fsp3) is 0.833. The summed E-state index contributed by atoms with van der Waals surface area (Å²) >= 11 is 0.750. The third kappa shape index (κ3) is 24.8. The van der Waals surface area contributed by atoms with Gasteiger partial charge in [-0.2, -0.15) is 0 Å². The maximum absolute atomic E-state index is 10.3. The molecule has 0 aliphatic heterocycles. The van der Waals surface area contributed by atoms with Crippen LogP contribution in [0.3, 0.4) is 0 Å². The number of rotatable bonds is 8. The second kappa shape index (κ2) is 22.0. The van der Waals surface area contributed by atoms with E-state index in [0.717, 1.165) is 46.1 Å². The van der Waals surface area contributed by atoms with E-state index in [1.54, 1.807) is 0 Å². The van der Waals surface area contributed by atoms with Gasteiger partial charge in [0, 0.05) is 12.8 Å². The molecule has 0 rings (SSSR count). The quantitative estimate of drug-likeness (QED) is 0.660. The van der Waals surface area contributed by atoms with Crippen LogP contribution >= 0.6 is 0 Å². The molecule has 0 spiro atoms. The van der Waals surface area contributed by atoms with Gasteiger partial charge in [0.15, 0.2) is 11.6 Å². The maximum atomic E-state index is 10.3. The normalized spacial score (nSPS) is 8.39. The van der Waals surface area contributed by atoms with Crippen LogP contribution in [0, 0.1) is 0 Å². The summed E-state index contributed by atoms with van der Waals surface area (Å²) in [6.07, 6.45) is 4.91. The Labute approximate surface area is 121 Å². The number of hydrogen-bond acceptors (Lipinski definition) is 5. The fourth-order valence-corrected chi connectivity index (χ4v) is 0.906. The molecule has 0 atom stereocenters. The average molecular weight is 296 g/mol. The number of aliphatic hydroxyl groups is 2. The summed E-state index contributed by atoms with van der Waals surface area (Å²) in [5.74, 6) is -0.0984. The Morgan fingerprint density at radius 3 is 1.28 bits per heavy atom. The molecule has 18 heavy (non-hydrogen) atoms. The molecule has 0 saturated carbocycles. The van der Waals surface area contributed by atoms with E-state index >= 15 is 0 Å². The molecule has 0 saturated heterocycles. The molecule has 0 aliphatic rings. The summed E-state index contributed by atoms with van der Waals surface area (Å²) in [6, 6.07) is 0. The predicted octanol–water partition coefficient (Wildman–Crippen LogP) is 1.35. The van der Waals surface area contributed by atoms with Crippen molar-refractivity contribution in [2.45, 2.75) is 52.4 Å². The standard InChI is InChI=1S/2C6H12O2.O.Ti/c2*1-2-3-4-6(8)5-7;;/h2*7H,2-5H2,1H3;;. The Bertz CT molecular complexity index is 177. The van der Waals surface area contributed by atoms with Gasteiger partial charge < -0.3 is 10.2 Å². The van der Waals surface area contributed by atoms with Crippen molar-refractivity contribution in [3.8, 4) is 0 Å². The van der Waals surface area contributed by atoms with Crippen molar-refractivity contribution in [1.82, 2.24) is 0 Å². The number of ketones is 2. The molecule has 2 N–H and O–H groups in total. The zero-order valence-corrected chi connectivity index (χ0v) is 12.8. The van der Waals surface area contributed by atoms with E-state index in [1.807, 2.05) is 13.8 Å². The minimum absolute atomic E-state index is 0.0492. The van der Waals surface area contributed by atoms with Crippen LogP contribution < -0.4 is 0 Å². The molecule has 0 fully saturated rings. The van der Waals surface area contributed by atoms with Crippen molar-refractivity contribution in [2.24, 2.45) is 0 Å². The first-order chi connectivity index (χ1) is 8.62. The first-order valence-corrected chi connectivity index (χ1v) is 6.71. The van der Waals surface area contributed by atoms with E-state index in [9.17, 15) is 9.59 Å². The molecule has 106 valence electrons. The second-order valence-corrected chi connectivity index (χ2v) is 3.60. The van der Waals surface area contributed by atoms with Crippen LogP contribution in [0.4, 0.5) is 0 Å². The Balaban J connectivity index is -0.000000219. The van der Waals surface area contributed by atoms with Crippen LogP contribution in [-0.2, 0) is 33.3 Å². The van der Waals surface area contributed by atoms with Crippen molar-refractivity contribution in [3.63, 3.8) is 0 Å². The van der Waals surface area contributed by atoms with E-state index < -0.39 is 0 Å². The molecule has 0 unspecified atom stereocenters. The molecule has 5 nitrogen and oxygen atoms in total. The van der Waals surface area contributed by atoms with E-state index in [1.165, 1.54) is 0 Å². The van der Waals surface area contributed by atoms with Gasteiger partial charge in [-0.1, -0.05) is 26.7 Å². The predicted molar refractivity (Wildman–Crippen MR) is 63.9 cm³/mol. The van der Waals surface area contributed by atoms with Crippen molar-refractivity contribution >= 4 is 11.6 Å². The van der Waals surface area contributed by atoms with Crippen molar-refractivity contribution in [3.05, 3.63) is 0 Å². The van der Waals surface area contributed by atoms with Gasteiger partial charge in [-0.3, -0.25) is 9.59 Å². The minimum atomic E-state index is -0.292. The van der Waals surface area contributed by atoms with Gasteiger partial charge in [-0.25, -0.2) is 0 Å². The average Bonchev–Trinajstić information content (AvgIpc) is 2.44. The molecule has 0 aliphatic carbocycles. The summed E-state index contributed by atoms with van der Waals surface area (Å²) in [5.41, 5.74) is 0. The monoisotopic (exact) mass is 296 g/mol. The van der Waals surface area contributed by atoms with Gasteiger partial charge in [-0.15, -0.1) is 0 Å². The molecule has 6 heteroatoms. The zero-order valence-electron chi connectivity index (χ0n) is 11.3. The number of hydrogen-bond donors (Lipinski definition) is 2. The Morgan fingerprint density at radius 2 is 1.11 bits per heavy atom. The summed E-state index contributed by atoms with van der Waals surface area (Å²) in [7, 11) is 0. The number of carbonyl (C=O) groups is 2. The van der Waals surface area contributed by atoms with Crippen LogP contribution in [0.25, 0.3) is 0 Å². The van der Waals surface area contributed by atoms with Gasteiger partial charge in [0.2, 0.25) is 0 Å². The van der Waals surface area contributed by atoms with Crippen LogP contribution in [0.15, 0.2) is 0 Å². The molecule has 0 heterocycles. The van der Waals surface area contributed by atoms with E-state index in [0.29, 0.717) is 12.8 Å². The molecular formula is C12H24O5Ti. The second-order valence-electron chi connectivity index (χ2n) is 3.60. The van der Waals surface area contributed by atoms with Gasteiger partial charge in [0.25, 0.3) is 0 Å². The topological polar surface area (TPSA) is 91.7 Å².